The maximum atomic E-state index is 12.4. The van der Waals surface area contributed by atoms with Crippen LogP contribution in [0.2, 0.25) is 0 Å². The van der Waals surface area contributed by atoms with Gasteiger partial charge in [-0.15, -0.1) is 0 Å². The van der Waals surface area contributed by atoms with E-state index in [9.17, 15) is 24.5 Å². The monoisotopic (exact) mass is 410 g/mol. The molecule has 3 rings (SSSR count). The molecular formula is C21H22N4O5. The minimum Gasteiger partial charge on any atom is -0.338 e. The highest BCUT2D eigenvalue weighted by Gasteiger charge is 2.36. The Morgan fingerprint density at radius 1 is 1.03 bits per heavy atom. The first kappa shape index (κ1) is 21.0. The second-order valence-corrected chi connectivity index (χ2v) is 7.26. The van der Waals surface area contributed by atoms with Crippen molar-refractivity contribution in [2.45, 2.75) is 27.2 Å². The molecule has 2 aromatic carbocycles. The lowest BCUT2D eigenvalue weighted by Crippen LogP contribution is -2.35. The van der Waals surface area contributed by atoms with E-state index >= 15 is 0 Å². The molecule has 0 fully saturated rings. The maximum absolute atomic E-state index is 12.4. The highest BCUT2D eigenvalue weighted by Crippen LogP contribution is 2.27. The Kier molecular flexibility index (Phi) is 5.81. The molecule has 2 aromatic rings. The number of amides is 4. The number of benzene rings is 2. The van der Waals surface area contributed by atoms with Crippen molar-refractivity contribution in [2.24, 2.45) is 0 Å². The average Bonchev–Trinajstić information content (AvgIpc) is 2.92. The SMILES string of the molecule is Cc1cc(C)c(NC(=O)NCCCN2C(=O)c3ccc([N+](=O)[O-])cc3C2=O)c(C)c1. The molecule has 2 N–H and O–H groups in total. The van der Waals surface area contributed by atoms with Crippen LogP contribution in [-0.4, -0.2) is 40.8 Å². The molecule has 0 aliphatic carbocycles. The van der Waals surface area contributed by atoms with Crippen molar-refractivity contribution in [1.29, 1.82) is 0 Å². The van der Waals surface area contributed by atoms with Crippen LogP contribution in [0.3, 0.4) is 0 Å². The summed E-state index contributed by atoms with van der Waals surface area (Å²) >= 11 is 0. The van der Waals surface area contributed by atoms with E-state index < -0.39 is 16.7 Å². The number of urea groups is 1. The Balaban J connectivity index is 1.53. The van der Waals surface area contributed by atoms with Gasteiger partial charge in [0.15, 0.2) is 0 Å². The molecule has 156 valence electrons. The van der Waals surface area contributed by atoms with Gasteiger partial charge in [0.2, 0.25) is 0 Å². The molecule has 1 aliphatic rings. The van der Waals surface area contributed by atoms with Crippen molar-refractivity contribution in [3.05, 3.63) is 68.3 Å². The van der Waals surface area contributed by atoms with Crippen molar-refractivity contribution in [3.63, 3.8) is 0 Å². The fourth-order valence-corrected chi connectivity index (χ4v) is 3.57. The lowest BCUT2D eigenvalue weighted by atomic mass is 10.1. The molecule has 1 aliphatic heterocycles. The molecule has 0 spiro atoms. The van der Waals surface area contributed by atoms with Crippen LogP contribution in [0.25, 0.3) is 0 Å². The van der Waals surface area contributed by atoms with Crippen LogP contribution in [0.1, 0.15) is 43.8 Å². The number of carbonyl (C=O) groups is 3. The normalized spacial score (nSPS) is 12.7. The summed E-state index contributed by atoms with van der Waals surface area (Å²) < 4.78 is 0. The first-order chi connectivity index (χ1) is 14.2. The number of imide groups is 1. The molecule has 4 amide bonds. The molecule has 0 atom stereocenters. The molecule has 0 saturated carbocycles. The van der Waals surface area contributed by atoms with Crippen LogP contribution in [0, 0.1) is 30.9 Å². The number of aryl methyl sites for hydroxylation is 3. The molecule has 0 unspecified atom stereocenters. The largest absolute Gasteiger partial charge is 0.338 e. The van der Waals surface area contributed by atoms with Crippen LogP contribution in [0.5, 0.6) is 0 Å². The van der Waals surface area contributed by atoms with E-state index in [0.717, 1.165) is 33.3 Å². The van der Waals surface area contributed by atoms with Crippen molar-refractivity contribution in [3.8, 4) is 0 Å². The van der Waals surface area contributed by atoms with Crippen molar-refractivity contribution in [1.82, 2.24) is 10.2 Å². The number of fused-ring (bicyclic) bond motifs is 1. The first-order valence-corrected chi connectivity index (χ1v) is 9.46. The molecule has 1 heterocycles. The fraction of sp³-hybridized carbons (Fsp3) is 0.286. The van der Waals surface area contributed by atoms with Gasteiger partial charge in [-0.1, -0.05) is 17.7 Å². The number of carbonyl (C=O) groups excluding carboxylic acids is 3. The molecule has 9 nitrogen and oxygen atoms in total. The summed E-state index contributed by atoms with van der Waals surface area (Å²) in [5.41, 5.74) is 3.73. The number of nitro groups is 1. The Labute approximate surface area is 173 Å². The first-order valence-electron chi connectivity index (χ1n) is 9.46. The highest BCUT2D eigenvalue weighted by molar-refractivity contribution is 6.21. The number of hydrogen-bond donors (Lipinski definition) is 2. The summed E-state index contributed by atoms with van der Waals surface area (Å²) in [6.07, 6.45) is 0.354. The lowest BCUT2D eigenvalue weighted by molar-refractivity contribution is -0.384. The van der Waals surface area contributed by atoms with E-state index in [0.29, 0.717) is 6.42 Å². The Hall–Kier alpha value is -3.75. The van der Waals surface area contributed by atoms with Crippen molar-refractivity contribution >= 4 is 29.2 Å². The van der Waals surface area contributed by atoms with Crippen LogP contribution < -0.4 is 10.6 Å². The van der Waals surface area contributed by atoms with Gasteiger partial charge in [-0.2, -0.15) is 0 Å². The van der Waals surface area contributed by atoms with E-state index in [-0.39, 0.29) is 35.9 Å². The number of nitro benzene ring substituents is 1. The van der Waals surface area contributed by atoms with Gasteiger partial charge in [0.05, 0.1) is 16.1 Å². The van der Waals surface area contributed by atoms with E-state index in [1.165, 1.54) is 12.1 Å². The summed E-state index contributed by atoms with van der Waals surface area (Å²) in [4.78, 5) is 48.3. The quantitative estimate of drug-likeness (QED) is 0.327. The summed E-state index contributed by atoms with van der Waals surface area (Å²) in [6.45, 7) is 6.18. The standard InChI is InChI=1S/C21H22N4O5/c1-12-9-13(2)18(14(3)10-12)23-21(28)22-7-4-8-24-19(26)16-6-5-15(25(29)30)11-17(16)20(24)27/h5-6,9-11H,4,7-8H2,1-3H3,(H2,22,23,28). The second kappa shape index (κ2) is 8.32. The minimum absolute atomic E-state index is 0.0326. The van der Waals surface area contributed by atoms with Crippen LogP contribution in [0.15, 0.2) is 30.3 Å². The third kappa shape index (κ3) is 4.14. The zero-order chi connectivity index (χ0) is 22.0. The summed E-state index contributed by atoms with van der Waals surface area (Å²) in [7, 11) is 0. The molecule has 0 radical (unpaired) electrons. The fourth-order valence-electron chi connectivity index (χ4n) is 3.57. The number of hydrogen-bond acceptors (Lipinski definition) is 5. The van der Waals surface area contributed by atoms with Gasteiger partial charge in [0, 0.05) is 30.9 Å². The van der Waals surface area contributed by atoms with Gasteiger partial charge in [0.25, 0.3) is 17.5 Å². The van der Waals surface area contributed by atoms with Crippen LogP contribution in [0.4, 0.5) is 16.2 Å². The Morgan fingerprint density at radius 3 is 2.30 bits per heavy atom. The van der Waals surface area contributed by atoms with Crippen molar-refractivity contribution < 1.29 is 19.3 Å². The third-order valence-corrected chi connectivity index (χ3v) is 4.92. The molecular weight excluding hydrogens is 388 g/mol. The number of rotatable bonds is 6. The smallest absolute Gasteiger partial charge is 0.319 e. The summed E-state index contributed by atoms with van der Waals surface area (Å²) in [6, 6.07) is 7.21. The minimum atomic E-state index is -0.610. The van der Waals surface area contributed by atoms with E-state index in [1.807, 2.05) is 32.9 Å². The lowest BCUT2D eigenvalue weighted by Gasteiger charge is -2.15. The molecule has 0 aromatic heterocycles. The second-order valence-electron chi connectivity index (χ2n) is 7.26. The maximum Gasteiger partial charge on any atom is 0.319 e. The Bertz CT molecular complexity index is 1040. The highest BCUT2D eigenvalue weighted by atomic mass is 16.6. The Morgan fingerprint density at radius 2 is 1.67 bits per heavy atom. The zero-order valence-corrected chi connectivity index (χ0v) is 16.9. The molecule has 9 heteroatoms. The molecule has 0 saturated heterocycles. The van der Waals surface area contributed by atoms with Gasteiger partial charge >= 0.3 is 6.03 Å². The van der Waals surface area contributed by atoms with E-state index in [4.69, 9.17) is 0 Å². The number of anilines is 1. The van der Waals surface area contributed by atoms with Gasteiger partial charge in [-0.05, 0) is 44.4 Å². The number of nitrogens with zero attached hydrogens (tertiary/aromatic N) is 2. The summed E-state index contributed by atoms with van der Waals surface area (Å²) in [5.74, 6) is -1.05. The average molecular weight is 410 g/mol. The van der Waals surface area contributed by atoms with E-state index in [2.05, 4.69) is 10.6 Å². The van der Waals surface area contributed by atoms with Gasteiger partial charge in [-0.3, -0.25) is 24.6 Å². The van der Waals surface area contributed by atoms with Gasteiger partial charge < -0.3 is 10.6 Å². The van der Waals surface area contributed by atoms with Crippen LogP contribution in [-0.2, 0) is 0 Å². The van der Waals surface area contributed by atoms with Gasteiger partial charge in [0.1, 0.15) is 0 Å². The van der Waals surface area contributed by atoms with E-state index in [1.54, 1.807) is 0 Å². The van der Waals surface area contributed by atoms with Gasteiger partial charge in [-0.25, -0.2) is 4.79 Å². The molecule has 30 heavy (non-hydrogen) atoms. The molecule has 0 bridgehead atoms. The topological polar surface area (TPSA) is 122 Å². The number of non-ortho nitro benzene ring substituents is 1. The zero-order valence-electron chi connectivity index (χ0n) is 16.9. The summed E-state index contributed by atoms with van der Waals surface area (Å²) in [5, 5.41) is 16.4. The van der Waals surface area contributed by atoms with Crippen LogP contribution >= 0.6 is 0 Å². The number of nitrogens with one attached hydrogen (secondary N) is 2. The predicted octanol–water partition coefficient (Wildman–Crippen LogP) is 3.33. The third-order valence-electron chi connectivity index (χ3n) is 4.92. The predicted molar refractivity (Wildman–Crippen MR) is 111 cm³/mol. The van der Waals surface area contributed by atoms with Crippen molar-refractivity contribution in [2.75, 3.05) is 18.4 Å².